The SMILES string of the molecule is CC(C)C[C@H](Oc1cc(Cl)ccc1Cl)C1CCNC1. The standard InChI is InChI=1S/C15H21Cl2NO/c1-10(2)7-14(11-5-6-18-9-11)19-15-8-12(16)3-4-13(15)17/h3-4,8,10-11,14,18H,5-7,9H2,1-2H3/t11?,14-/m0/s1. The fraction of sp³-hybridized carbons (Fsp3) is 0.600. The highest BCUT2D eigenvalue weighted by atomic mass is 35.5. The van der Waals surface area contributed by atoms with Gasteiger partial charge in [-0.3, -0.25) is 0 Å². The van der Waals surface area contributed by atoms with Crippen LogP contribution in [0.5, 0.6) is 5.75 Å². The minimum atomic E-state index is 0.200. The molecule has 0 saturated carbocycles. The van der Waals surface area contributed by atoms with Crippen molar-refractivity contribution in [2.45, 2.75) is 32.8 Å². The Morgan fingerprint density at radius 2 is 2.16 bits per heavy atom. The van der Waals surface area contributed by atoms with Crippen molar-refractivity contribution in [3.63, 3.8) is 0 Å². The molecule has 2 nitrogen and oxygen atoms in total. The van der Waals surface area contributed by atoms with Gasteiger partial charge in [-0.1, -0.05) is 37.0 Å². The maximum absolute atomic E-state index is 6.18. The van der Waals surface area contributed by atoms with E-state index in [1.165, 1.54) is 0 Å². The zero-order valence-corrected chi connectivity index (χ0v) is 13.0. The van der Waals surface area contributed by atoms with Gasteiger partial charge in [0.05, 0.1) is 5.02 Å². The van der Waals surface area contributed by atoms with Gasteiger partial charge >= 0.3 is 0 Å². The van der Waals surface area contributed by atoms with Gasteiger partial charge in [-0.05, 0) is 37.4 Å². The van der Waals surface area contributed by atoms with E-state index in [1.807, 2.05) is 0 Å². The first-order chi connectivity index (χ1) is 9.06. The summed E-state index contributed by atoms with van der Waals surface area (Å²) in [5.74, 6) is 1.85. The number of hydrogen-bond acceptors (Lipinski definition) is 2. The first kappa shape index (κ1) is 15.0. The van der Waals surface area contributed by atoms with Crippen LogP contribution in [0.25, 0.3) is 0 Å². The van der Waals surface area contributed by atoms with Gasteiger partial charge in [-0.15, -0.1) is 0 Å². The van der Waals surface area contributed by atoms with E-state index in [1.54, 1.807) is 18.2 Å². The third kappa shape index (κ3) is 4.27. The topological polar surface area (TPSA) is 21.3 Å². The number of rotatable bonds is 5. The first-order valence-electron chi connectivity index (χ1n) is 6.88. The maximum Gasteiger partial charge on any atom is 0.139 e. The van der Waals surface area contributed by atoms with Crippen molar-refractivity contribution in [3.8, 4) is 5.75 Å². The van der Waals surface area contributed by atoms with E-state index >= 15 is 0 Å². The fourth-order valence-corrected chi connectivity index (χ4v) is 2.85. The van der Waals surface area contributed by atoms with Gasteiger partial charge in [0.25, 0.3) is 0 Å². The Hall–Kier alpha value is -0.440. The lowest BCUT2D eigenvalue weighted by Crippen LogP contribution is -2.30. The summed E-state index contributed by atoms with van der Waals surface area (Å²) < 4.78 is 6.16. The van der Waals surface area contributed by atoms with Gasteiger partial charge in [0, 0.05) is 23.6 Å². The van der Waals surface area contributed by atoms with Gasteiger partial charge in [-0.25, -0.2) is 0 Å². The largest absolute Gasteiger partial charge is 0.488 e. The summed E-state index contributed by atoms with van der Waals surface area (Å²) in [6.45, 7) is 6.54. The second-order valence-corrected chi connectivity index (χ2v) is 6.46. The Morgan fingerprint density at radius 3 is 2.79 bits per heavy atom. The quantitative estimate of drug-likeness (QED) is 0.870. The average molecular weight is 302 g/mol. The van der Waals surface area contributed by atoms with E-state index in [2.05, 4.69) is 19.2 Å². The molecule has 1 N–H and O–H groups in total. The summed E-state index contributed by atoms with van der Waals surface area (Å²) in [4.78, 5) is 0. The monoisotopic (exact) mass is 301 g/mol. The summed E-state index contributed by atoms with van der Waals surface area (Å²) >= 11 is 12.2. The molecule has 2 atom stereocenters. The Morgan fingerprint density at radius 1 is 1.37 bits per heavy atom. The molecule has 0 bridgehead atoms. The second kappa shape index (κ2) is 6.83. The lowest BCUT2D eigenvalue weighted by Gasteiger charge is -2.26. The molecule has 0 aliphatic carbocycles. The fourth-order valence-electron chi connectivity index (χ4n) is 2.53. The summed E-state index contributed by atoms with van der Waals surface area (Å²) in [5, 5.41) is 4.69. The molecule has 1 heterocycles. The molecule has 1 fully saturated rings. The number of ether oxygens (including phenoxy) is 1. The summed E-state index contributed by atoms with van der Waals surface area (Å²) in [5.41, 5.74) is 0. The van der Waals surface area contributed by atoms with E-state index in [0.717, 1.165) is 25.9 Å². The van der Waals surface area contributed by atoms with Crippen LogP contribution in [-0.2, 0) is 0 Å². The van der Waals surface area contributed by atoms with E-state index in [4.69, 9.17) is 27.9 Å². The summed E-state index contributed by atoms with van der Waals surface area (Å²) in [6, 6.07) is 5.38. The Labute approximate surface area is 125 Å². The van der Waals surface area contributed by atoms with Crippen LogP contribution < -0.4 is 10.1 Å². The zero-order chi connectivity index (χ0) is 13.8. The Kier molecular flexibility index (Phi) is 5.37. The van der Waals surface area contributed by atoms with Crippen LogP contribution >= 0.6 is 23.2 Å². The van der Waals surface area contributed by atoms with Crippen LogP contribution in [0, 0.1) is 11.8 Å². The predicted molar refractivity (Wildman–Crippen MR) is 81.3 cm³/mol. The van der Waals surface area contributed by atoms with Crippen molar-refractivity contribution < 1.29 is 4.74 Å². The highest BCUT2D eigenvalue weighted by Crippen LogP contribution is 2.32. The molecule has 1 unspecified atom stereocenters. The van der Waals surface area contributed by atoms with Gasteiger partial charge in [0.15, 0.2) is 0 Å². The van der Waals surface area contributed by atoms with Crippen molar-refractivity contribution in [1.29, 1.82) is 0 Å². The molecular weight excluding hydrogens is 281 g/mol. The second-order valence-electron chi connectivity index (χ2n) is 5.61. The highest BCUT2D eigenvalue weighted by molar-refractivity contribution is 6.34. The molecular formula is C15H21Cl2NO. The van der Waals surface area contributed by atoms with E-state index in [-0.39, 0.29) is 6.10 Å². The van der Waals surface area contributed by atoms with Crippen LogP contribution in [0.15, 0.2) is 18.2 Å². The molecule has 0 amide bonds. The number of benzene rings is 1. The molecule has 106 valence electrons. The van der Waals surface area contributed by atoms with Gasteiger partial charge in [-0.2, -0.15) is 0 Å². The minimum absolute atomic E-state index is 0.200. The van der Waals surface area contributed by atoms with E-state index in [9.17, 15) is 0 Å². The molecule has 1 aromatic rings. The lowest BCUT2D eigenvalue weighted by molar-refractivity contribution is 0.120. The Bertz CT molecular complexity index is 417. The normalized spacial score (nSPS) is 20.8. The van der Waals surface area contributed by atoms with Gasteiger partial charge in [0.2, 0.25) is 0 Å². The Balaban J connectivity index is 2.12. The average Bonchev–Trinajstić information content (AvgIpc) is 2.86. The molecule has 19 heavy (non-hydrogen) atoms. The molecule has 1 saturated heterocycles. The van der Waals surface area contributed by atoms with Crippen molar-refractivity contribution in [1.82, 2.24) is 5.32 Å². The van der Waals surface area contributed by atoms with Crippen molar-refractivity contribution in [2.75, 3.05) is 13.1 Å². The molecule has 0 radical (unpaired) electrons. The van der Waals surface area contributed by atoms with Crippen LogP contribution in [0.2, 0.25) is 10.0 Å². The van der Waals surface area contributed by atoms with Crippen molar-refractivity contribution in [3.05, 3.63) is 28.2 Å². The number of nitrogens with one attached hydrogen (secondary N) is 1. The predicted octanol–water partition coefficient (Wildman–Crippen LogP) is 4.40. The third-order valence-corrected chi connectivity index (χ3v) is 4.05. The van der Waals surface area contributed by atoms with Gasteiger partial charge in [0.1, 0.15) is 11.9 Å². The number of hydrogen-bond donors (Lipinski definition) is 1. The smallest absolute Gasteiger partial charge is 0.139 e. The highest BCUT2D eigenvalue weighted by Gasteiger charge is 2.27. The minimum Gasteiger partial charge on any atom is -0.488 e. The molecule has 4 heteroatoms. The van der Waals surface area contributed by atoms with Crippen LogP contribution in [0.1, 0.15) is 26.7 Å². The maximum atomic E-state index is 6.18. The van der Waals surface area contributed by atoms with Crippen molar-refractivity contribution in [2.24, 2.45) is 11.8 Å². The van der Waals surface area contributed by atoms with E-state index in [0.29, 0.717) is 27.6 Å². The first-order valence-corrected chi connectivity index (χ1v) is 7.64. The van der Waals surface area contributed by atoms with E-state index < -0.39 is 0 Å². The molecule has 1 aromatic carbocycles. The molecule has 1 aliphatic heterocycles. The lowest BCUT2D eigenvalue weighted by atomic mass is 9.93. The van der Waals surface area contributed by atoms with Gasteiger partial charge < -0.3 is 10.1 Å². The van der Waals surface area contributed by atoms with Crippen LogP contribution in [-0.4, -0.2) is 19.2 Å². The van der Waals surface area contributed by atoms with Crippen LogP contribution in [0.4, 0.5) is 0 Å². The summed E-state index contributed by atoms with van der Waals surface area (Å²) in [7, 11) is 0. The number of halogens is 2. The summed E-state index contributed by atoms with van der Waals surface area (Å²) in [6.07, 6.45) is 2.40. The van der Waals surface area contributed by atoms with Crippen molar-refractivity contribution >= 4 is 23.2 Å². The molecule has 0 spiro atoms. The third-order valence-electron chi connectivity index (χ3n) is 3.50. The molecule has 0 aromatic heterocycles. The zero-order valence-electron chi connectivity index (χ0n) is 11.5. The molecule has 2 rings (SSSR count). The molecule has 1 aliphatic rings. The van der Waals surface area contributed by atoms with Crippen LogP contribution in [0.3, 0.4) is 0 Å².